The monoisotopic (exact) mass is 239 g/mol. The number of hydrogen-bond donors (Lipinski definition) is 1. The van der Waals surface area contributed by atoms with Crippen molar-refractivity contribution in [3.8, 4) is 0 Å². The summed E-state index contributed by atoms with van der Waals surface area (Å²) in [5, 5.41) is 8.90. The van der Waals surface area contributed by atoms with Gasteiger partial charge in [0.15, 0.2) is 0 Å². The molecule has 1 N–H and O–H groups in total. The second-order valence-corrected chi connectivity index (χ2v) is 5.57. The van der Waals surface area contributed by atoms with Gasteiger partial charge in [-0.05, 0) is 45.1 Å². The Balaban J connectivity index is 1.81. The van der Waals surface area contributed by atoms with Gasteiger partial charge in [-0.25, -0.2) is 0 Å². The van der Waals surface area contributed by atoms with Crippen LogP contribution in [-0.4, -0.2) is 41.5 Å². The summed E-state index contributed by atoms with van der Waals surface area (Å²) < 4.78 is 0. The minimum absolute atomic E-state index is 0.298. The third-order valence-corrected chi connectivity index (χ3v) is 4.33. The van der Waals surface area contributed by atoms with E-state index in [0.29, 0.717) is 24.3 Å². The SMILES string of the molecule is O=C1CCCCC1CN1CCCC1CCCO. The van der Waals surface area contributed by atoms with Crippen LogP contribution in [0, 0.1) is 5.92 Å². The summed E-state index contributed by atoms with van der Waals surface area (Å²) >= 11 is 0. The average molecular weight is 239 g/mol. The Kier molecular flexibility index (Phi) is 4.99. The van der Waals surface area contributed by atoms with Gasteiger partial charge in [-0.3, -0.25) is 9.69 Å². The Hall–Kier alpha value is -0.410. The third kappa shape index (κ3) is 3.52. The topological polar surface area (TPSA) is 40.5 Å². The maximum atomic E-state index is 11.8. The average Bonchev–Trinajstić information content (AvgIpc) is 2.77. The summed E-state index contributed by atoms with van der Waals surface area (Å²) in [4.78, 5) is 14.3. The van der Waals surface area contributed by atoms with Crippen LogP contribution in [0.3, 0.4) is 0 Å². The van der Waals surface area contributed by atoms with Crippen LogP contribution in [0.1, 0.15) is 51.4 Å². The first kappa shape index (κ1) is 13.0. The molecular weight excluding hydrogens is 214 g/mol. The summed E-state index contributed by atoms with van der Waals surface area (Å²) in [6, 6.07) is 0.622. The molecule has 0 radical (unpaired) electrons. The van der Waals surface area contributed by atoms with E-state index in [1.165, 1.54) is 19.3 Å². The molecule has 0 spiro atoms. The fourth-order valence-corrected chi connectivity index (χ4v) is 3.32. The minimum atomic E-state index is 0.298. The van der Waals surface area contributed by atoms with Gasteiger partial charge in [0.25, 0.3) is 0 Å². The number of carbonyl (C=O) groups excluding carboxylic acids is 1. The highest BCUT2D eigenvalue weighted by Crippen LogP contribution is 2.27. The highest BCUT2D eigenvalue weighted by molar-refractivity contribution is 5.81. The number of rotatable bonds is 5. The van der Waals surface area contributed by atoms with Gasteiger partial charge in [-0.1, -0.05) is 6.42 Å². The minimum Gasteiger partial charge on any atom is -0.396 e. The zero-order valence-electron chi connectivity index (χ0n) is 10.7. The van der Waals surface area contributed by atoms with Crippen molar-refractivity contribution >= 4 is 5.78 Å². The van der Waals surface area contributed by atoms with E-state index < -0.39 is 0 Å². The van der Waals surface area contributed by atoms with Crippen LogP contribution in [0.15, 0.2) is 0 Å². The molecule has 2 rings (SSSR count). The van der Waals surface area contributed by atoms with Crippen molar-refractivity contribution in [1.82, 2.24) is 4.90 Å². The standard InChI is InChI=1S/C14H25NO2/c16-10-4-7-13-6-3-9-15(13)11-12-5-1-2-8-14(12)17/h12-13,16H,1-11H2. The number of nitrogens with zero attached hydrogens (tertiary/aromatic N) is 1. The first-order chi connectivity index (χ1) is 8.31. The number of Topliss-reactive ketones (excluding diaryl/α,β-unsaturated/α-hetero) is 1. The molecule has 3 heteroatoms. The zero-order chi connectivity index (χ0) is 12.1. The van der Waals surface area contributed by atoms with E-state index in [1.54, 1.807) is 0 Å². The van der Waals surface area contributed by atoms with E-state index in [-0.39, 0.29) is 0 Å². The Bertz CT molecular complexity index is 255. The number of aliphatic hydroxyl groups is 1. The van der Waals surface area contributed by atoms with Crippen molar-refractivity contribution in [3.63, 3.8) is 0 Å². The molecule has 98 valence electrons. The summed E-state index contributed by atoms with van der Waals surface area (Å²) in [5.74, 6) is 0.794. The lowest BCUT2D eigenvalue weighted by atomic mass is 9.87. The van der Waals surface area contributed by atoms with Crippen LogP contribution in [0.5, 0.6) is 0 Å². The molecule has 1 aliphatic carbocycles. The van der Waals surface area contributed by atoms with E-state index in [2.05, 4.69) is 4.90 Å². The molecule has 0 aromatic carbocycles. The second kappa shape index (κ2) is 6.50. The molecule has 17 heavy (non-hydrogen) atoms. The van der Waals surface area contributed by atoms with Crippen LogP contribution in [0.4, 0.5) is 0 Å². The number of aliphatic hydroxyl groups excluding tert-OH is 1. The first-order valence-corrected chi connectivity index (χ1v) is 7.19. The Morgan fingerprint density at radius 3 is 2.88 bits per heavy atom. The van der Waals surface area contributed by atoms with E-state index in [0.717, 1.165) is 45.2 Å². The van der Waals surface area contributed by atoms with Gasteiger partial charge in [-0.15, -0.1) is 0 Å². The molecule has 2 aliphatic rings. The molecule has 2 atom stereocenters. The molecular formula is C14H25NO2. The van der Waals surface area contributed by atoms with Gasteiger partial charge >= 0.3 is 0 Å². The molecule has 1 heterocycles. The summed E-state index contributed by atoms with van der Waals surface area (Å²) in [7, 11) is 0. The molecule has 0 aromatic heterocycles. The smallest absolute Gasteiger partial charge is 0.137 e. The predicted molar refractivity (Wildman–Crippen MR) is 67.9 cm³/mol. The fraction of sp³-hybridized carbons (Fsp3) is 0.929. The van der Waals surface area contributed by atoms with Crippen molar-refractivity contribution in [2.24, 2.45) is 5.92 Å². The van der Waals surface area contributed by atoms with Gasteiger partial charge in [0.2, 0.25) is 0 Å². The molecule has 2 unspecified atom stereocenters. The maximum Gasteiger partial charge on any atom is 0.137 e. The highest BCUT2D eigenvalue weighted by atomic mass is 16.2. The van der Waals surface area contributed by atoms with Gasteiger partial charge < -0.3 is 5.11 Å². The van der Waals surface area contributed by atoms with Crippen LogP contribution >= 0.6 is 0 Å². The number of likely N-dealkylation sites (tertiary alicyclic amines) is 1. The molecule has 1 aliphatic heterocycles. The molecule has 3 nitrogen and oxygen atoms in total. The van der Waals surface area contributed by atoms with Crippen LogP contribution in [-0.2, 0) is 4.79 Å². The van der Waals surface area contributed by atoms with Crippen molar-refractivity contribution in [3.05, 3.63) is 0 Å². The zero-order valence-corrected chi connectivity index (χ0v) is 10.7. The molecule has 1 saturated heterocycles. The lowest BCUT2D eigenvalue weighted by molar-refractivity contribution is -0.125. The van der Waals surface area contributed by atoms with Crippen molar-refractivity contribution < 1.29 is 9.90 Å². The van der Waals surface area contributed by atoms with Gasteiger partial charge in [-0.2, -0.15) is 0 Å². The lowest BCUT2D eigenvalue weighted by Crippen LogP contribution is -2.37. The first-order valence-electron chi connectivity index (χ1n) is 7.19. The number of ketones is 1. The van der Waals surface area contributed by atoms with Crippen molar-refractivity contribution in [2.75, 3.05) is 19.7 Å². The van der Waals surface area contributed by atoms with Crippen molar-refractivity contribution in [2.45, 2.75) is 57.4 Å². The Morgan fingerprint density at radius 1 is 1.24 bits per heavy atom. The number of hydrogen-bond acceptors (Lipinski definition) is 3. The Morgan fingerprint density at radius 2 is 2.12 bits per heavy atom. The Labute approximate surface area is 104 Å². The predicted octanol–water partition coefficient (Wildman–Crippen LogP) is 1.98. The van der Waals surface area contributed by atoms with E-state index >= 15 is 0 Å². The van der Waals surface area contributed by atoms with Gasteiger partial charge in [0, 0.05) is 31.5 Å². The lowest BCUT2D eigenvalue weighted by Gasteiger charge is -2.30. The summed E-state index contributed by atoms with van der Waals surface area (Å²) in [6.07, 6.45) is 8.74. The highest BCUT2D eigenvalue weighted by Gasteiger charge is 2.30. The third-order valence-electron chi connectivity index (χ3n) is 4.33. The summed E-state index contributed by atoms with van der Waals surface area (Å²) in [6.45, 7) is 2.43. The van der Waals surface area contributed by atoms with Crippen LogP contribution in [0.25, 0.3) is 0 Å². The van der Waals surface area contributed by atoms with E-state index in [4.69, 9.17) is 5.11 Å². The normalized spacial score (nSPS) is 31.0. The van der Waals surface area contributed by atoms with Crippen molar-refractivity contribution in [1.29, 1.82) is 0 Å². The van der Waals surface area contributed by atoms with Crippen LogP contribution < -0.4 is 0 Å². The molecule has 2 fully saturated rings. The molecule has 0 aromatic rings. The largest absolute Gasteiger partial charge is 0.396 e. The molecule has 0 bridgehead atoms. The van der Waals surface area contributed by atoms with Gasteiger partial charge in [0.05, 0.1) is 0 Å². The number of carbonyl (C=O) groups is 1. The summed E-state index contributed by atoms with van der Waals surface area (Å²) in [5.41, 5.74) is 0. The second-order valence-electron chi connectivity index (χ2n) is 5.57. The maximum absolute atomic E-state index is 11.8. The van der Waals surface area contributed by atoms with E-state index in [9.17, 15) is 4.79 Å². The van der Waals surface area contributed by atoms with Crippen LogP contribution in [0.2, 0.25) is 0 Å². The van der Waals surface area contributed by atoms with Gasteiger partial charge in [0.1, 0.15) is 5.78 Å². The quantitative estimate of drug-likeness (QED) is 0.797. The molecule has 0 amide bonds. The fourth-order valence-electron chi connectivity index (χ4n) is 3.32. The molecule has 1 saturated carbocycles. The van der Waals surface area contributed by atoms with E-state index in [1.807, 2.05) is 0 Å².